The summed E-state index contributed by atoms with van der Waals surface area (Å²) < 4.78 is 43.9. The summed E-state index contributed by atoms with van der Waals surface area (Å²) in [6.07, 6.45) is 1.91. The van der Waals surface area contributed by atoms with Gasteiger partial charge in [0.15, 0.2) is 0 Å². The van der Waals surface area contributed by atoms with Gasteiger partial charge in [-0.15, -0.1) is 0 Å². The number of hydrogen-bond acceptors (Lipinski definition) is 4. The van der Waals surface area contributed by atoms with Crippen LogP contribution in [-0.2, 0) is 14.8 Å². The third-order valence-corrected chi connectivity index (χ3v) is 5.17. The highest BCUT2D eigenvalue weighted by molar-refractivity contribution is 7.92. The molecule has 0 saturated heterocycles. The maximum absolute atomic E-state index is 13.0. The summed E-state index contributed by atoms with van der Waals surface area (Å²) in [6.45, 7) is 3.94. The van der Waals surface area contributed by atoms with Gasteiger partial charge in [-0.2, -0.15) is 0 Å². The van der Waals surface area contributed by atoms with E-state index in [9.17, 15) is 17.6 Å². The van der Waals surface area contributed by atoms with Crippen LogP contribution in [0.3, 0.4) is 0 Å². The number of ether oxygens (including phenoxy) is 1. The lowest BCUT2D eigenvalue weighted by atomic mass is 10.1. The molecule has 0 spiro atoms. The molecule has 6 nitrogen and oxygen atoms in total. The summed E-state index contributed by atoms with van der Waals surface area (Å²) in [4.78, 5) is 12.4. The van der Waals surface area contributed by atoms with Crippen molar-refractivity contribution in [2.24, 2.45) is 0 Å². The molecule has 28 heavy (non-hydrogen) atoms. The van der Waals surface area contributed by atoms with Gasteiger partial charge in [0, 0.05) is 0 Å². The molecule has 1 N–H and O–H groups in total. The lowest BCUT2D eigenvalue weighted by molar-refractivity contribution is -0.120. The molecule has 1 amide bonds. The van der Waals surface area contributed by atoms with Gasteiger partial charge < -0.3 is 10.1 Å². The predicted molar refractivity (Wildman–Crippen MR) is 107 cm³/mol. The Morgan fingerprint density at radius 2 is 1.75 bits per heavy atom. The van der Waals surface area contributed by atoms with Crippen molar-refractivity contribution in [1.82, 2.24) is 5.32 Å². The van der Waals surface area contributed by atoms with Crippen molar-refractivity contribution in [3.05, 3.63) is 59.9 Å². The minimum absolute atomic E-state index is 0.362. The van der Waals surface area contributed by atoms with Crippen LogP contribution in [0.4, 0.5) is 10.1 Å². The van der Waals surface area contributed by atoms with Crippen LogP contribution in [0.15, 0.2) is 48.5 Å². The Morgan fingerprint density at radius 1 is 1.14 bits per heavy atom. The van der Waals surface area contributed by atoms with E-state index in [1.807, 2.05) is 6.92 Å². The van der Waals surface area contributed by atoms with Gasteiger partial charge in [0.2, 0.25) is 15.9 Å². The molecule has 1 atom stereocenters. The molecule has 0 bridgehead atoms. The zero-order chi connectivity index (χ0) is 20.7. The second kappa shape index (κ2) is 9.54. The second-order valence-electron chi connectivity index (χ2n) is 6.45. The molecule has 152 valence electrons. The smallest absolute Gasteiger partial charge is 0.241 e. The lowest BCUT2D eigenvalue weighted by Gasteiger charge is -2.23. The first-order chi connectivity index (χ1) is 13.2. The number of carbonyl (C=O) groups excluding carboxylic acids is 1. The number of nitrogens with zero attached hydrogens (tertiary/aromatic N) is 1. The van der Waals surface area contributed by atoms with Gasteiger partial charge in [0.25, 0.3) is 0 Å². The normalized spacial score (nSPS) is 12.3. The Bertz CT molecular complexity index is 883. The van der Waals surface area contributed by atoms with Crippen molar-refractivity contribution in [1.29, 1.82) is 0 Å². The highest BCUT2D eigenvalue weighted by atomic mass is 32.2. The topological polar surface area (TPSA) is 75.7 Å². The van der Waals surface area contributed by atoms with Gasteiger partial charge in [0.05, 0.1) is 24.6 Å². The molecular formula is C20H25FN2O4S. The van der Waals surface area contributed by atoms with Gasteiger partial charge in [0.1, 0.15) is 18.1 Å². The van der Waals surface area contributed by atoms with Crippen molar-refractivity contribution < 1.29 is 22.3 Å². The Kier molecular flexibility index (Phi) is 7.39. The van der Waals surface area contributed by atoms with Crippen molar-refractivity contribution >= 4 is 21.6 Å². The highest BCUT2D eigenvalue weighted by Gasteiger charge is 2.22. The molecule has 0 unspecified atom stereocenters. The summed E-state index contributed by atoms with van der Waals surface area (Å²) >= 11 is 0. The van der Waals surface area contributed by atoms with Crippen LogP contribution >= 0.6 is 0 Å². The monoisotopic (exact) mass is 408 g/mol. The van der Waals surface area contributed by atoms with Crippen LogP contribution < -0.4 is 14.4 Å². The van der Waals surface area contributed by atoms with Crippen molar-refractivity contribution in [3.8, 4) is 5.75 Å². The van der Waals surface area contributed by atoms with E-state index in [0.29, 0.717) is 18.0 Å². The molecule has 2 aromatic carbocycles. The molecule has 0 saturated carbocycles. The summed E-state index contributed by atoms with van der Waals surface area (Å²) in [5.74, 6) is -0.195. The lowest BCUT2D eigenvalue weighted by Crippen LogP contribution is -2.41. The minimum atomic E-state index is -3.67. The Morgan fingerprint density at radius 3 is 2.29 bits per heavy atom. The maximum Gasteiger partial charge on any atom is 0.241 e. The fourth-order valence-corrected chi connectivity index (χ4v) is 3.44. The Balaban J connectivity index is 2.09. The average molecular weight is 408 g/mol. The van der Waals surface area contributed by atoms with E-state index in [-0.39, 0.29) is 18.4 Å². The molecular weight excluding hydrogens is 383 g/mol. The average Bonchev–Trinajstić information content (AvgIpc) is 2.64. The molecule has 0 fully saturated rings. The van der Waals surface area contributed by atoms with E-state index < -0.39 is 15.9 Å². The molecule has 0 aromatic heterocycles. The van der Waals surface area contributed by atoms with Crippen LogP contribution in [0.5, 0.6) is 5.75 Å². The summed E-state index contributed by atoms with van der Waals surface area (Å²) in [5.41, 5.74) is 1.09. The predicted octanol–water partition coefficient (Wildman–Crippen LogP) is 3.26. The zero-order valence-electron chi connectivity index (χ0n) is 16.2. The molecule has 2 aromatic rings. The van der Waals surface area contributed by atoms with E-state index >= 15 is 0 Å². The number of anilines is 1. The first-order valence-corrected chi connectivity index (χ1v) is 10.8. The zero-order valence-corrected chi connectivity index (χ0v) is 17.0. The van der Waals surface area contributed by atoms with E-state index in [4.69, 9.17) is 4.74 Å². The number of hydrogen-bond donors (Lipinski definition) is 1. The molecule has 0 aliphatic carbocycles. The second-order valence-corrected chi connectivity index (χ2v) is 8.36. The highest BCUT2D eigenvalue weighted by Crippen LogP contribution is 2.22. The summed E-state index contributed by atoms with van der Waals surface area (Å²) in [5, 5.41) is 2.74. The van der Waals surface area contributed by atoms with Crippen LogP contribution in [-0.4, -0.2) is 33.7 Å². The molecule has 2 rings (SSSR count). The molecule has 8 heteroatoms. The van der Waals surface area contributed by atoms with Crippen LogP contribution in [0.1, 0.15) is 31.9 Å². The molecule has 0 radical (unpaired) electrons. The maximum atomic E-state index is 13.0. The number of nitrogens with one attached hydrogen (secondary N) is 1. The first kappa shape index (κ1) is 21.7. The third-order valence-electron chi connectivity index (χ3n) is 4.03. The Hall–Kier alpha value is -2.61. The Labute approximate surface area is 165 Å². The third kappa shape index (κ3) is 6.23. The number of benzene rings is 2. The molecule has 0 aliphatic heterocycles. The first-order valence-electron chi connectivity index (χ1n) is 8.96. The fourth-order valence-electron chi connectivity index (χ4n) is 2.58. The van der Waals surface area contributed by atoms with Gasteiger partial charge in [-0.1, -0.05) is 19.1 Å². The van der Waals surface area contributed by atoms with Crippen molar-refractivity contribution in [2.75, 3.05) is 23.7 Å². The van der Waals surface area contributed by atoms with Gasteiger partial charge in [-0.25, -0.2) is 12.8 Å². The van der Waals surface area contributed by atoms with Crippen LogP contribution in [0.2, 0.25) is 0 Å². The van der Waals surface area contributed by atoms with E-state index in [1.54, 1.807) is 43.3 Å². The number of amides is 1. The summed E-state index contributed by atoms with van der Waals surface area (Å²) in [7, 11) is -3.67. The van der Waals surface area contributed by atoms with E-state index in [1.165, 1.54) is 12.1 Å². The number of carbonyl (C=O) groups is 1. The van der Waals surface area contributed by atoms with Crippen molar-refractivity contribution in [3.63, 3.8) is 0 Å². The number of rotatable bonds is 9. The SMILES string of the molecule is CCCOc1ccc(N(CC(=O)N[C@@H](C)c2ccc(F)cc2)S(C)(=O)=O)cc1. The van der Waals surface area contributed by atoms with Gasteiger partial charge in [-0.3, -0.25) is 9.10 Å². The number of sulfonamides is 1. The van der Waals surface area contributed by atoms with E-state index in [2.05, 4.69) is 5.32 Å². The molecule has 0 aliphatic rings. The van der Waals surface area contributed by atoms with Crippen LogP contribution in [0.25, 0.3) is 0 Å². The standard InChI is InChI=1S/C20H25FN2O4S/c1-4-13-27-19-11-9-18(10-12-19)23(28(3,25)26)14-20(24)22-15(2)16-5-7-17(21)8-6-16/h5-12,15H,4,13-14H2,1-3H3,(H,22,24)/t15-/m0/s1. The quantitative estimate of drug-likeness (QED) is 0.691. The van der Waals surface area contributed by atoms with Gasteiger partial charge >= 0.3 is 0 Å². The minimum Gasteiger partial charge on any atom is -0.494 e. The summed E-state index contributed by atoms with van der Waals surface area (Å²) in [6, 6.07) is 11.9. The largest absolute Gasteiger partial charge is 0.494 e. The van der Waals surface area contributed by atoms with Crippen LogP contribution in [0, 0.1) is 5.82 Å². The molecule has 0 heterocycles. The number of halogens is 1. The van der Waals surface area contributed by atoms with Crippen molar-refractivity contribution in [2.45, 2.75) is 26.3 Å². The fraction of sp³-hybridized carbons (Fsp3) is 0.350. The van der Waals surface area contributed by atoms with E-state index in [0.717, 1.165) is 22.5 Å². The van der Waals surface area contributed by atoms with Gasteiger partial charge in [-0.05, 0) is 55.3 Å².